The standard InChI is InChI=1S/C22H32O13/c1-11(2)29-8-16(21(27)28-7)9-31-22-20(34-15(6)26)19(33-14(5)25)18(32-13(4)24)17(35-22)10-30-12(3)23/h9,11,17-20,22H,8,10H2,1-7H3/b16-9+/t17-,18-,19+,20-,22-/m1/s1. The maximum absolute atomic E-state index is 12.1. The molecular formula is C22H32O13. The average Bonchev–Trinajstić information content (AvgIpc) is 2.74. The fourth-order valence-electron chi connectivity index (χ4n) is 2.98. The normalized spacial score (nSPS) is 24.2. The molecular weight excluding hydrogens is 472 g/mol. The first-order valence-corrected chi connectivity index (χ1v) is 10.7. The van der Waals surface area contributed by atoms with Crippen LogP contribution in [-0.4, -0.2) is 87.0 Å². The van der Waals surface area contributed by atoms with Crippen molar-refractivity contribution in [1.82, 2.24) is 0 Å². The number of rotatable bonds is 11. The summed E-state index contributed by atoms with van der Waals surface area (Å²) >= 11 is 0. The predicted molar refractivity (Wildman–Crippen MR) is 114 cm³/mol. The van der Waals surface area contributed by atoms with Gasteiger partial charge in [0.1, 0.15) is 12.7 Å². The summed E-state index contributed by atoms with van der Waals surface area (Å²) in [5.74, 6) is -3.74. The fourth-order valence-corrected chi connectivity index (χ4v) is 2.98. The number of carbonyl (C=O) groups excluding carboxylic acids is 5. The van der Waals surface area contributed by atoms with Crippen LogP contribution < -0.4 is 0 Å². The third-order valence-electron chi connectivity index (χ3n) is 4.31. The Balaban J connectivity index is 3.41. The van der Waals surface area contributed by atoms with Crippen molar-refractivity contribution >= 4 is 29.8 Å². The third-order valence-corrected chi connectivity index (χ3v) is 4.31. The molecule has 1 rings (SSSR count). The Kier molecular flexibility index (Phi) is 12.2. The summed E-state index contributed by atoms with van der Waals surface area (Å²) in [7, 11) is 1.17. The number of hydrogen-bond acceptors (Lipinski definition) is 13. The lowest BCUT2D eigenvalue weighted by Gasteiger charge is -2.43. The van der Waals surface area contributed by atoms with Crippen molar-refractivity contribution < 1.29 is 61.9 Å². The number of hydrogen-bond donors (Lipinski definition) is 0. The van der Waals surface area contributed by atoms with Gasteiger partial charge in [0.2, 0.25) is 12.4 Å². The van der Waals surface area contributed by atoms with Crippen LogP contribution in [0.2, 0.25) is 0 Å². The van der Waals surface area contributed by atoms with E-state index in [2.05, 4.69) is 0 Å². The van der Waals surface area contributed by atoms with E-state index in [0.717, 1.165) is 34.0 Å². The van der Waals surface area contributed by atoms with Gasteiger partial charge in [-0.2, -0.15) is 0 Å². The first-order valence-electron chi connectivity index (χ1n) is 10.7. The SMILES string of the molecule is COC(=O)/C(=C/O[C@@H]1O[C@H](COC(C)=O)[C@@H](OC(C)=O)[C@H](OC(C)=O)[C@H]1OC(C)=O)COC(C)C. The van der Waals surface area contributed by atoms with Crippen LogP contribution in [-0.2, 0) is 61.9 Å². The van der Waals surface area contributed by atoms with Gasteiger partial charge in [-0.15, -0.1) is 0 Å². The molecule has 1 fully saturated rings. The van der Waals surface area contributed by atoms with Crippen molar-refractivity contribution in [1.29, 1.82) is 0 Å². The second kappa shape index (κ2) is 14.3. The van der Waals surface area contributed by atoms with E-state index in [1.807, 2.05) is 0 Å². The van der Waals surface area contributed by atoms with E-state index in [0.29, 0.717) is 0 Å². The van der Waals surface area contributed by atoms with Gasteiger partial charge in [-0.05, 0) is 13.8 Å². The van der Waals surface area contributed by atoms with Gasteiger partial charge < -0.3 is 37.9 Å². The summed E-state index contributed by atoms with van der Waals surface area (Å²) in [4.78, 5) is 58.9. The van der Waals surface area contributed by atoms with Crippen LogP contribution in [0, 0.1) is 0 Å². The molecule has 13 nitrogen and oxygen atoms in total. The molecule has 5 atom stereocenters. The van der Waals surface area contributed by atoms with Crippen LogP contribution >= 0.6 is 0 Å². The molecule has 0 aromatic carbocycles. The average molecular weight is 504 g/mol. The first kappa shape index (κ1) is 29.8. The minimum Gasteiger partial charge on any atom is -0.468 e. The zero-order valence-corrected chi connectivity index (χ0v) is 20.8. The second-order valence-electron chi connectivity index (χ2n) is 7.70. The van der Waals surface area contributed by atoms with Crippen LogP contribution in [0.5, 0.6) is 0 Å². The molecule has 0 aromatic rings. The molecule has 1 saturated heterocycles. The zero-order chi connectivity index (χ0) is 26.7. The van der Waals surface area contributed by atoms with Crippen molar-refractivity contribution in [2.75, 3.05) is 20.3 Å². The third kappa shape index (κ3) is 10.3. The van der Waals surface area contributed by atoms with Crippen LogP contribution in [0.25, 0.3) is 0 Å². The molecule has 0 N–H and O–H groups in total. The summed E-state index contributed by atoms with van der Waals surface area (Å²) in [5, 5.41) is 0. The molecule has 1 aliphatic rings. The minimum atomic E-state index is -1.48. The highest BCUT2D eigenvalue weighted by Gasteiger charge is 2.53. The fraction of sp³-hybridized carbons (Fsp3) is 0.682. The highest BCUT2D eigenvalue weighted by atomic mass is 16.7. The Hall–Kier alpha value is -3.19. The van der Waals surface area contributed by atoms with E-state index >= 15 is 0 Å². The lowest BCUT2D eigenvalue weighted by Crippen LogP contribution is -2.62. The number of methoxy groups -OCH3 is 1. The molecule has 0 amide bonds. The molecule has 13 heteroatoms. The molecule has 0 unspecified atom stereocenters. The van der Waals surface area contributed by atoms with E-state index in [1.54, 1.807) is 13.8 Å². The molecule has 1 heterocycles. The lowest BCUT2D eigenvalue weighted by molar-refractivity contribution is -0.297. The molecule has 0 aliphatic carbocycles. The van der Waals surface area contributed by atoms with Gasteiger partial charge >= 0.3 is 29.8 Å². The summed E-state index contributed by atoms with van der Waals surface area (Å²) in [6.07, 6.45) is -6.05. The van der Waals surface area contributed by atoms with Gasteiger partial charge in [0.05, 0.1) is 31.7 Å². The molecule has 0 saturated carbocycles. The second-order valence-corrected chi connectivity index (χ2v) is 7.70. The molecule has 0 aromatic heterocycles. The number of carbonyl (C=O) groups is 5. The van der Waals surface area contributed by atoms with Gasteiger partial charge in [0.15, 0.2) is 12.2 Å². The van der Waals surface area contributed by atoms with Crippen molar-refractivity contribution in [3.8, 4) is 0 Å². The van der Waals surface area contributed by atoms with Crippen LogP contribution in [0.1, 0.15) is 41.5 Å². The van der Waals surface area contributed by atoms with Crippen molar-refractivity contribution in [3.63, 3.8) is 0 Å². The van der Waals surface area contributed by atoms with E-state index in [1.165, 1.54) is 7.11 Å². The van der Waals surface area contributed by atoms with E-state index in [9.17, 15) is 24.0 Å². The van der Waals surface area contributed by atoms with E-state index < -0.39 is 67.2 Å². The van der Waals surface area contributed by atoms with Crippen molar-refractivity contribution in [2.45, 2.75) is 78.4 Å². The van der Waals surface area contributed by atoms with Crippen molar-refractivity contribution in [2.24, 2.45) is 0 Å². The van der Waals surface area contributed by atoms with E-state index in [-0.39, 0.29) is 18.3 Å². The number of esters is 5. The largest absolute Gasteiger partial charge is 0.468 e. The molecule has 35 heavy (non-hydrogen) atoms. The summed E-state index contributed by atoms with van der Waals surface area (Å²) in [6, 6.07) is 0. The Morgan fingerprint density at radius 1 is 0.829 bits per heavy atom. The molecule has 0 bridgehead atoms. The van der Waals surface area contributed by atoms with Crippen molar-refractivity contribution in [3.05, 3.63) is 11.8 Å². The van der Waals surface area contributed by atoms with Crippen LogP contribution in [0.15, 0.2) is 11.8 Å². The number of ether oxygens (including phenoxy) is 8. The maximum atomic E-state index is 12.1. The van der Waals surface area contributed by atoms with Gasteiger partial charge in [-0.3, -0.25) is 19.2 Å². The predicted octanol–water partition coefficient (Wildman–Crippen LogP) is 0.568. The van der Waals surface area contributed by atoms with Gasteiger partial charge in [-0.1, -0.05) is 0 Å². The minimum absolute atomic E-state index is 0.0333. The van der Waals surface area contributed by atoms with Gasteiger partial charge in [-0.25, -0.2) is 4.79 Å². The Morgan fingerprint density at radius 3 is 1.86 bits per heavy atom. The van der Waals surface area contributed by atoms with Gasteiger partial charge in [0.25, 0.3) is 0 Å². The highest BCUT2D eigenvalue weighted by molar-refractivity contribution is 5.88. The Morgan fingerprint density at radius 2 is 1.37 bits per heavy atom. The maximum Gasteiger partial charge on any atom is 0.339 e. The van der Waals surface area contributed by atoms with Crippen LogP contribution in [0.3, 0.4) is 0 Å². The van der Waals surface area contributed by atoms with E-state index in [4.69, 9.17) is 37.9 Å². The smallest absolute Gasteiger partial charge is 0.339 e. The molecule has 0 radical (unpaired) electrons. The summed E-state index contributed by atoms with van der Waals surface area (Å²) in [5.41, 5.74) is -0.0333. The Labute approximate surface area is 202 Å². The monoisotopic (exact) mass is 504 g/mol. The zero-order valence-electron chi connectivity index (χ0n) is 20.8. The Bertz CT molecular complexity index is 803. The highest BCUT2D eigenvalue weighted by Crippen LogP contribution is 2.30. The quantitative estimate of drug-likeness (QED) is 0.166. The van der Waals surface area contributed by atoms with Gasteiger partial charge in [0, 0.05) is 27.7 Å². The molecule has 198 valence electrons. The van der Waals surface area contributed by atoms with Crippen LogP contribution in [0.4, 0.5) is 0 Å². The summed E-state index contributed by atoms with van der Waals surface area (Å²) < 4.78 is 42.4. The lowest BCUT2D eigenvalue weighted by atomic mass is 9.98. The first-order chi connectivity index (χ1) is 16.3. The molecule has 0 spiro atoms. The summed E-state index contributed by atoms with van der Waals surface area (Å²) in [6.45, 7) is 7.39. The molecule has 1 aliphatic heterocycles. The topological polar surface area (TPSA) is 159 Å².